The number of benzene rings is 1. The molecule has 19 heavy (non-hydrogen) atoms. The molecule has 2 N–H and O–H groups in total. The van der Waals surface area contributed by atoms with Crippen LogP contribution in [0.15, 0.2) is 24.3 Å². The van der Waals surface area contributed by atoms with Gasteiger partial charge in [-0.3, -0.25) is 4.79 Å². The maximum absolute atomic E-state index is 12.0. The van der Waals surface area contributed by atoms with Crippen LogP contribution in [-0.4, -0.2) is 34.7 Å². The lowest BCUT2D eigenvalue weighted by atomic mass is 10.0. The van der Waals surface area contributed by atoms with Crippen LogP contribution in [0, 0.1) is 0 Å². The van der Waals surface area contributed by atoms with Crippen molar-refractivity contribution < 1.29 is 23.4 Å². The number of hydrogen-bond donors (Lipinski definition) is 2. The summed E-state index contributed by atoms with van der Waals surface area (Å²) in [5.41, 5.74) is -0.917. The van der Waals surface area contributed by atoms with Gasteiger partial charge < -0.3 is 15.2 Å². The molecule has 0 spiro atoms. The first-order valence-corrected chi connectivity index (χ1v) is 6.81. The van der Waals surface area contributed by atoms with Crippen molar-refractivity contribution >= 4 is 23.4 Å². The molecule has 0 saturated carbocycles. The van der Waals surface area contributed by atoms with Crippen LogP contribution in [0.3, 0.4) is 0 Å². The third-order valence-corrected chi connectivity index (χ3v) is 3.94. The van der Waals surface area contributed by atoms with Crippen molar-refractivity contribution in [3.8, 4) is 5.75 Å². The Labute approximate surface area is 113 Å². The first-order valence-electron chi connectivity index (χ1n) is 5.66. The van der Waals surface area contributed by atoms with E-state index in [1.54, 1.807) is 0 Å². The van der Waals surface area contributed by atoms with Gasteiger partial charge in [0.05, 0.1) is 0 Å². The fourth-order valence-corrected chi connectivity index (χ4v) is 2.94. The lowest BCUT2D eigenvalue weighted by molar-refractivity contribution is -0.131. The second kappa shape index (κ2) is 5.75. The Morgan fingerprint density at radius 2 is 2.11 bits per heavy atom. The number of carbonyl (C=O) groups is 1. The van der Waals surface area contributed by atoms with Crippen molar-refractivity contribution in [1.82, 2.24) is 0 Å². The number of anilines is 1. The first-order chi connectivity index (χ1) is 8.99. The van der Waals surface area contributed by atoms with Crippen molar-refractivity contribution in [2.24, 2.45) is 0 Å². The summed E-state index contributed by atoms with van der Waals surface area (Å²) < 4.78 is 28.1. The van der Waals surface area contributed by atoms with Gasteiger partial charge in [-0.2, -0.15) is 20.5 Å². The highest BCUT2D eigenvalue weighted by atomic mass is 32.2. The number of amides is 1. The van der Waals surface area contributed by atoms with Gasteiger partial charge in [0, 0.05) is 11.4 Å². The molecule has 0 aromatic heterocycles. The smallest absolute Gasteiger partial charge is 0.387 e. The van der Waals surface area contributed by atoms with E-state index in [2.05, 4.69) is 10.1 Å². The number of thioether (sulfide) groups is 1. The maximum atomic E-state index is 12.0. The highest BCUT2D eigenvalue weighted by Crippen LogP contribution is 2.29. The van der Waals surface area contributed by atoms with E-state index >= 15 is 0 Å². The van der Waals surface area contributed by atoms with Gasteiger partial charge in [-0.25, -0.2) is 0 Å². The second-order valence-corrected chi connectivity index (χ2v) is 5.30. The summed E-state index contributed by atoms with van der Waals surface area (Å²) in [4.78, 5) is 11.9. The minimum atomic E-state index is -2.88. The van der Waals surface area contributed by atoms with Gasteiger partial charge in [0.2, 0.25) is 0 Å². The molecule has 0 unspecified atom stereocenters. The van der Waals surface area contributed by atoms with Gasteiger partial charge in [-0.1, -0.05) is 0 Å². The van der Waals surface area contributed by atoms with Crippen LogP contribution >= 0.6 is 11.8 Å². The highest BCUT2D eigenvalue weighted by molar-refractivity contribution is 7.99. The van der Waals surface area contributed by atoms with Crippen LogP contribution in [0.4, 0.5) is 14.5 Å². The second-order valence-electron chi connectivity index (χ2n) is 4.19. The Hall–Kier alpha value is -1.34. The predicted molar refractivity (Wildman–Crippen MR) is 68.6 cm³/mol. The van der Waals surface area contributed by atoms with E-state index in [-0.39, 0.29) is 5.75 Å². The van der Waals surface area contributed by atoms with Crippen molar-refractivity contribution in [2.75, 3.05) is 16.8 Å². The van der Waals surface area contributed by atoms with E-state index in [0.717, 1.165) is 5.75 Å². The number of rotatable bonds is 4. The molecule has 1 saturated heterocycles. The zero-order valence-electron chi connectivity index (χ0n) is 9.94. The quantitative estimate of drug-likeness (QED) is 0.891. The Morgan fingerprint density at radius 3 is 2.63 bits per heavy atom. The zero-order valence-corrected chi connectivity index (χ0v) is 10.8. The number of carbonyl (C=O) groups excluding carboxylic acids is 1. The van der Waals surface area contributed by atoms with Gasteiger partial charge in [-0.15, -0.1) is 0 Å². The van der Waals surface area contributed by atoms with Crippen LogP contribution in [0.5, 0.6) is 5.75 Å². The summed E-state index contributed by atoms with van der Waals surface area (Å²) in [6.07, 6.45) is 0.413. The normalized spacial score (nSPS) is 22.5. The van der Waals surface area contributed by atoms with Crippen molar-refractivity contribution in [3.63, 3.8) is 0 Å². The Bertz CT molecular complexity index is 447. The molecule has 4 nitrogen and oxygen atoms in total. The van der Waals surface area contributed by atoms with Crippen LogP contribution in [0.2, 0.25) is 0 Å². The van der Waals surface area contributed by atoms with Gasteiger partial charge in [0.1, 0.15) is 5.75 Å². The van der Waals surface area contributed by atoms with Gasteiger partial charge in [0.15, 0.2) is 5.60 Å². The molecule has 1 amide bonds. The van der Waals surface area contributed by atoms with Crippen LogP contribution < -0.4 is 10.1 Å². The van der Waals surface area contributed by atoms with Crippen LogP contribution in [-0.2, 0) is 4.79 Å². The molecule has 1 aromatic carbocycles. The highest BCUT2D eigenvalue weighted by Gasteiger charge is 2.39. The molecule has 1 aromatic rings. The first kappa shape index (κ1) is 14.1. The van der Waals surface area contributed by atoms with Crippen molar-refractivity contribution in [2.45, 2.75) is 18.6 Å². The van der Waals surface area contributed by atoms with Crippen LogP contribution in [0.25, 0.3) is 0 Å². The monoisotopic (exact) mass is 289 g/mol. The number of alkyl halides is 2. The fourth-order valence-electron chi connectivity index (χ4n) is 1.70. The molecular formula is C12H13F2NO3S. The number of nitrogens with one attached hydrogen (secondary N) is 1. The minimum absolute atomic E-state index is 0.0168. The number of hydrogen-bond acceptors (Lipinski definition) is 4. The fraction of sp³-hybridized carbons (Fsp3) is 0.417. The summed E-state index contributed by atoms with van der Waals surface area (Å²) in [6.45, 7) is -2.88. The number of halogens is 2. The molecule has 7 heteroatoms. The Morgan fingerprint density at radius 1 is 1.42 bits per heavy atom. The topological polar surface area (TPSA) is 58.6 Å². The zero-order chi connectivity index (χ0) is 13.9. The SMILES string of the molecule is O=C(Nc1ccc(OC(F)F)cc1)[C@@]1(O)CCSC1. The Kier molecular flexibility index (Phi) is 4.26. The number of aliphatic hydroxyl groups is 1. The van der Waals surface area contributed by atoms with E-state index in [0.29, 0.717) is 17.9 Å². The molecule has 1 atom stereocenters. The lowest BCUT2D eigenvalue weighted by Crippen LogP contribution is -2.42. The van der Waals surface area contributed by atoms with E-state index in [1.807, 2.05) is 0 Å². The summed E-state index contributed by atoms with van der Waals surface area (Å²) >= 11 is 1.52. The molecule has 1 aliphatic heterocycles. The predicted octanol–water partition coefficient (Wildman–Crippen LogP) is 2.09. The standard InChI is InChI=1S/C12H13F2NO3S/c13-11(14)18-9-3-1-8(2-4-9)15-10(16)12(17)5-6-19-7-12/h1-4,11,17H,5-7H2,(H,15,16)/t12-/m1/s1. The molecule has 0 aliphatic carbocycles. The summed E-state index contributed by atoms with van der Waals surface area (Å²) in [5, 5.41) is 12.6. The molecule has 1 aliphatic rings. The largest absolute Gasteiger partial charge is 0.435 e. The molecule has 0 radical (unpaired) electrons. The van der Waals surface area contributed by atoms with E-state index in [4.69, 9.17) is 0 Å². The van der Waals surface area contributed by atoms with E-state index < -0.39 is 18.1 Å². The molecular weight excluding hydrogens is 276 g/mol. The third kappa shape index (κ3) is 3.57. The van der Waals surface area contributed by atoms with E-state index in [1.165, 1.54) is 36.0 Å². The molecule has 1 fully saturated rings. The lowest BCUT2D eigenvalue weighted by Gasteiger charge is -2.20. The van der Waals surface area contributed by atoms with Gasteiger partial charge >= 0.3 is 6.61 Å². The Balaban J connectivity index is 1.97. The molecule has 1 heterocycles. The van der Waals surface area contributed by atoms with Crippen molar-refractivity contribution in [1.29, 1.82) is 0 Å². The minimum Gasteiger partial charge on any atom is -0.435 e. The van der Waals surface area contributed by atoms with Gasteiger partial charge in [-0.05, 0) is 36.4 Å². The molecule has 104 valence electrons. The average molecular weight is 289 g/mol. The summed E-state index contributed by atoms with van der Waals surface area (Å²) in [5.74, 6) is 0.652. The maximum Gasteiger partial charge on any atom is 0.387 e. The average Bonchev–Trinajstić information content (AvgIpc) is 2.79. The van der Waals surface area contributed by atoms with E-state index in [9.17, 15) is 18.7 Å². The van der Waals surface area contributed by atoms with Crippen LogP contribution in [0.1, 0.15) is 6.42 Å². The van der Waals surface area contributed by atoms with Gasteiger partial charge in [0.25, 0.3) is 5.91 Å². The summed E-state index contributed by atoms with van der Waals surface area (Å²) in [7, 11) is 0. The number of ether oxygens (including phenoxy) is 1. The molecule has 2 rings (SSSR count). The molecule has 0 bridgehead atoms. The third-order valence-electron chi connectivity index (χ3n) is 2.76. The van der Waals surface area contributed by atoms with Crippen molar-refractivity contribution in [3.05, 3.63) is 24.3 Å². The summed E-state index contributed by atoms with van der Waals surface area (Å²) in [6, 6.07) is 5.55.